The lowest BCUT2D eigenvalue weighted by Crippen LogP contribution is -2.11. The Kier molecular flexibility index (Phi) is 7.09. The molecule has 0 radical (unpaired) electrons. The SMILES string of the molecule is CCCC.Cc1nc2c(F)cc(-c3ccccc3CN(C)C)cc2s1. The fourth-order valence-corrected chi connectivity index (χ4v) is 3.42. The second-order valence-electron chi connectivity index (χ2n) is 6.43. The van der Waals surface area contributed by atoms with E-state index in [4.69, 9.17) is 0 Å². The van der Waals surface area contributed by atoms with E-state index in [0.29, 0.717) is 5.52 Å². The molecule has 134 valence electrons. The standard InChI is InChI=1S/C17H17FN2S.C4H10/c1-11-19-17-15(18)8-13(9-16(17)21-11)14-7-5-4-6-12(14)10-20(2)3;1-3-4-2/h4-9H,10H2,1-3H3;3-4H2,1-2H3. The van der Waals surface area contributed by atoms with Gasteiger partial charge in [-0.05, 0) is 49.8 Å². The van der Waals surface area contributed by atoms with Gasteiger partial charge in [-0.25, -0.2) is 9.37 Å². The van der Waals surface area contributed by atoms with Gasteiger partial charge in [0.05, 0.1) is 9.71 Å². The van der Waals surface area contributed by atoms with Gasteiger partial charge in [-0.15, -0.1) is 11.3 Å². The van der Waals surface area contributed by atoms with Gasteiger partial charge >= 0.3 is 0 Å². The Morgan fingerprint density at radius 3 is 2.40 bits per heavy atom. The molecular weight excluding hydrogens is 331 g/mol. The molecule has 0 amide bonds. The predicted molar refractivity (Wildman–Crippen MR) is 108 cm³/mol. The van der Waals surface area contributed by atoms with Crippen molar-refractivity contribution in [1.82, 2.24) is 9.88 Å². The van der Waals surface area contributed by atoms with Gasteiger partial charge in [0.2, 0.25) is 0 Å². The smallest absolute Gasteiger partial charge is 0.150 e. The van der Waals surface area contributed by atoms with Crippen LogP contribution in [0.25, 0.3) is 21.3 Å². The van der Waals surface area contributed by atoms with Gasteiger partial charge in [0.25, 0.3) is 0 Å². The number of rotatable bonds is 4. The Hall–Kier alpha value is -1.78. The summed E-state index contributed by atoms with van der Waals surface area (Å²) >= 11 is 1.53. The van der Waals surface area contributed by atoms with Crippen LogP contribution in [0, 0.1) is 12.7 Å². The lowest BCUT2D eigenvalue weighted by Gasteiger charge is -2.14. The minimum atomic E-state index is -0.244. The minimum absolute atomic E-state index is 0.244. The molecular formula is C21H27FN2S. The first-order chi connectivity index (χ1) is 12.0. The molecule has 0 atom stereocenters. The maximum Gasteiger partial charge on any atom is 0.150 e. The lowest BCUT2D eigenvalue weighted by atomic mass is 9.99. The van der Waals surface area contributed by atoms with E-state index < -0.39 is 0 Å². The highest BCUT2D eigenvalue weighted by Gasteiger charge is 2.12. The highest BCUT2D eigenvalue weighted by Crippen LogP contribution is 2.32. The summed E-state index contributed by atoms with van der Waals surface area (Å²) in [4.78, 5) is 6.37. The quantitative estimate of drug-likeness (QED) is 0.546. The molecule has 4 heteroatoms. The fourth-order valence-electron chi connectivity index (χ4n) is 2.54. The zero-order chi connectivity index (χ0) is 18.4. The monoisotopic (exact) mass is 358 g/mol. The molecule has 0 bridgehead atoms. The third kappa shape index (κ3) is 5.10. The molecule has 0 aliphatic carbocycles. The molecule has 0 N–H and O–H groups in total. The van der Waals surface area contributed by atoms with Crippen LogP contribution in [-0.4, -0.2) is 24.0 Å². The van der Waals surface area contributed by atoms with E-state index in [0.717, 1.165) is 27.4 Å². The van der Waals surface area contributed by atoms with Crippen molar-refractivity contribution >= 4 is 21.6 Å². The van der Waals surface area contributed by atoms with Crippen LogP contribution in [0.15, 0.2) is 36.4 Å². The average Bonchev–Trinajstić information content (AvgIpc) is 2.96. The van der Waals surface area contributed by atoms with Gasteiger partial charge in [-0.1, -0.05) is 51.0 Å². The molecule has 0 saturated heterocycles. The first-order valence-electron chi connectivity index (χ1n) is 8.75. The number of nitrogens with zero attached hydrogens (tertiary/aromatic N) is 2. The minimum Gasteiger partial charge on any atom is -0.305 e. The number of halogens is 1. The molecule has 2 nitrogen and oxygen atoms in total. The summed E-state index contributed by atoms with van der Waals surface area (Å²) in [5, 5.41) is 0.891. The van der Waals surface area contributed by atoms with E-state index in [1.165, 1.54) is 29.7 Å². The molecule has 2 aromatic carbocycles. The number of aromatic nitrogens is 1. The average molecular weight is 359 g/mol. The number of hydrogen-bond acceptors (Lipinski definition) is 3. The van der Waals surface area contributed by atoms with Crippen molar-refractivity contribution in [3.8, 4) is 11.1 Å². The van der Waals surface area contributed by atoms with Crippen LogP contribution >= 0.6 is 11.3 Å². The maximum absolute atomic E-state index is 14.3. The fraction of sp³-hybridized carbons (Fsp3) is 0.381. The van der Waals surface area contributed by atoms with E-state index in [1.54, 1.807) is 6.07 Å². The van der Waals surface area contributed by atoms with Crippen LogP contribution in [0.2, 0.25) is 0 Å². The van der Waals surface area contributed by atoms with Gasteiger partial charge in [0.15, 0.2) is 5.82 Å². The van der Waals surface area contributed by atoms with E-state index in [2.05, 4.69) is 29.8 Å². The third-order valence-corrected chi connectivity index (χ3v) is 4.79. The number of hydrogen-bond donors (Lipinski definition) is 0. The topological polar surface area (TPSA) is 16.1 Å². The molecule has 0 spiro atoms. The van der Waals surface area contributed by atoms with Crippen molar-refractivity contribution in [2.24, 2.45) is 0 Å². The van der Waals surface area contributed by atoms with Crippen LogP contribution in [0.1, 0.15) is 37.3 Å². The maximum atomic E-state index is 14.3. The van der Waals surface area contributed by atoms with E-state index in [-0.39, 0.29) is 5.82 Å². The van der Waals surface area contributed by atoms with Crippen LogP contribution in [-0.2, 0) is 6.54 Å². The predicted octanol–water partition coefficient (Wildman–Crippen LogP) is 6.28. The first kappa shape index (κ1) is 19.5. The summed E-state index contributed by atoms with van der Waals surface area (Å²) < 4.78 is 15.2. The highest BCUT2D eigenvalue weighted by molar-refractivity contribution is 7.18. The van der Waals surface area contributed by atoms with E-state index >= 15 is 0 Å². The van der Waals surface area contributed by atoms with Crippen LogP contribution in [0.3, 0.4) is 0 Å². The Balaban J connectivity index is 0.000000511. The molecule has 1 aromatic heterocycles. The van der Waals surface area contributed by atoms with Gasteiger partial charge in [-0.2, -0.15) is 0 Å². The Morgan fingerprint density at radius 2 is 1.76 bits per heavy atom. The zero-order valence-corrected chi connectivity index (χ0v) is 16.6. The van der Waals surface area contributed by atoms with Crippen LogP contribution in [0.4, 0.5) is 4.39 Å². The van der Waals surface area contributed by atoms with Crippen molar-refractivity contribution in [2.75, 3.05) is 14.1 Å². The number of benzene rings is 2. The van der Waals surface area contributed by atoms with Crippen LogP contribution in [0.5, 0.6) is 0 Å². The summed E-state index contributed by atoms with van der Waals surface area (Å²) in [7, 11) is 4.07. The molecule has 0 aliphatic rings. The first-order valence-corrected chi connectivity index (χ1v) is 9.57. The lowest BCUT2D eigenvalue weighted by molar-refractivity contribution is 0.403. The molecule has 0 unspecified atom stereocenters. The summed E-state index contributed by atoms with van der Waals surface area (Å²) in [6, 6.07) is 11.8. The van der Waals surface area contributed by atoms with Crippen LogP contribution < -0.4 is 0 Å². The summed E-state index contributed by atoms with van der Waals surface area (Å²) in [6.45, 7) is 7.10. The van der Waals surface area contributed by atoms with Crippen molar-refractivity contribution in [3.63, 3.8) is 0 Å². The molecule has 0 fully saturated rings. The van der Waals surface area contributed by atoms with E-state index in [9.17, 15) is 4.39 Å². The second kappa shape index (κ2) is 9.07. The molecule has 25 heavy (non-hydrogen) atoms. The summed E-state index contributed by atoms with van der Waals surface area (Å²) in [5.74, 6) is -0.244. The van der Waals surface area contributed by atoms with Crippen molar-refractivity contribution < 1.29 is 4.39 Å². The van der Waals surface area contributed by atoms with Gasteiger partial charge in [0, 0.05) is 6.54 Å². The largest absolute Gasteiger partial charge is 0.305 e. The van der Waals surface area contributed by atoms with Crippen molar-refractivity contribution in [2.45, 2.75) is 40.2 Å². The normalized spacial score (nSPS) is 10.8. The summed E-state index contributed by atoms with van der Waals surface area (Å²) in [5.41, 5.74) is 3.67. The Bertz CT molecular complexity index is 822. The zero-order valence-electron chi connectivity index (χ0n) is 15.8. The molecule has 0 aliphatic heterocycles. The molecule has 1 heterocycles. The number of aryl methyl sites for hydroxylation is 1. The van der Waals surface area contributed by atoms with Crippen molar-refractivity contribution in [1.29, 1.82) is 0 Å². The highest BCUT2D eigenvalue weighted by atomic mass is 32.1. The van der Waals surface area contributed by atoms with E-state index in [1.807, 2.05) is 45.3 Å². The summed E-state index contributed by atoms with van der Waals surface area (Å²) in [6.07, 6.45) is 2.64. The number of thiazole rings is 1. The molecule has 3 rings (SSSR count). The van der Waals surface area contributed by atoms with Gasteiger partial charge < -0.3 is 4.90 Å². The third-order valence-electron chi connectivity index (χ3n) is 3.87. The molecule has 3 aromatic rings. The van der Waals surface area contributed by atoms with Crippen molar-refractivity contribution in [3.05, 3.63) is 52.8 Å². The van der Waals surface area contributed by atoms with Gasteiger partial charge in [0.1, 0.15) is 5.52 Å². The number of fused-ring (bicyclic) bond motifs is 1. The number of unbranched alkanes of at least 4 members (excludes halogenated alkanes) is 1. The Morgan fingerprint density at radius 1 is 1.08 bits per heavy atom. The Labute approximate surface area is 154 Å². The second-order valence-corrected chi connectivity index (χ2v) is 7.67. The van der Waals surface area contributed by atoms with Gasteiger partial charge in [-0.3, -0.25) is 0 Å². The molecule has 0 saturated carbocycles.